The summed E-state index contributed by atoms with van der Waals surface area (Å²) in [5.41, 5.74) is -1.53. The van der Waals surface area contributed by atoms with Gasteiger partial charge in [-0.05, 0) is 12.0 Å². The molecule has 0 aliphatic carbocycles. The van der Waals surface area contributed by atoms with Gasteiger partial charge in [0.2, 0.25) is 0 Å². The molecular formula is C13H15F3O3. The molecule has 3 nitrogen and oxygen atoms in total. The monoisotopic (exact) mass is 276 g/mol. The summed E-state index contributed by atoms with van der Waals surface area (Å²) >= 11 is 0. The summed E-state index contributed by atoms with van der Waals surface area (Å²) in [5.74, 6) is -1.04. The molecule has 0 aliphatic rings. The predicted octanol–water partition coefficient (Wildman–Crippen LogP) is 2.94. The van der Waals surface area contributed by atoms with Crippen LogP contribution in [0, 0.1) is 5.92 Å². The smallest absolute Gasteiger partial charge is 0.416 e. The van der Waals surface area contributed by atoms with Gasteiger partial charge in [-0.3, -0.25) is 0 Å². The van der Waals surface area contributed by atoms with E-state index in [9.17, 15) is 23.1 Å². The normalized spacial score (nSPS) is 13.4. The number of rotatable bonds is 4. The highest BCUT2D eigenvalue weighted by molar-refractivity contribution is 5.76. The second-order valence-corrected chi connectivity index (χ2v) is 4.51. The van der Waals surface area contributed by atoms with Crippen molar-refractivity contribution >= 4 is 5.97 Å². The molecule has 1 N–H and O–H groups in total. The van der Waals surface area contributed by atoms with E-state index >= 15 is 0 Å². The fourth-order valence-corrected chi connectivity index (χ4v) is 1.45. The summed E-state index contributed by atoms with van der Waals surface area (Å²) in [7, 11) is 0. The van der Waals surface area contributed by atoms with Crippen molar-refractivity contribution < 1.29 is 27.8 Å². The van der Waals surface area contributed by atoms with Crippen LogP contribution in [0.4, 0.5) is 13.2 Å². The van der Waals surface area contributed by atoms with Crippen LogP contribution >= 0.6 is 0 Å². The SMILES string of the molecule is CC(C)COC(=O)C(O)c1ccccc1C(F)(F)F. The fourth-order valence-electron chi connectivity index (χ4n) is 1.45. The summed E-state index contributed by atoms with van der Waals surface area (Å²) < 4.78 is 42.9. The Bertz CT molecular complexity index is 441. The van der Waals surface area contributed by atoms with Crippen molar-refractivity contribution in [2.45, 2.75) is 26.1 Å². The van der Waals surface area contributed by atoms with Gasteiger partial charge in [-0.1, -0.05) is 32.0 Å². The average molecular weight is 276 g/mol. The molecule has 1 aromatic rings. The van der Waals surface area contributed by atoms with E-state index in [0.717, 1.165) is 12.1 Å². The Hall–Kier alpha value is -1.56. The molecule has 0 radical (unpaired) electrons. The second-order valence-electron chi connectivity index (χ2n) is 4.51. The lowest BCUT2D eigenvalue weighted by Gasteiger charge is -2.17. The maximum Gasteiger partial charge on any atom is 0.416 e. The number of carbonyl (C=O) groups is 1. The first kappa shape index (κ1) is 15.5. The van der Waals surface area contributed by atoms with Crippen LogP contribution in [-0.4, -0.2) is 17.7 Å². The van der Waals surface area contributed by atoms with E-state index in [1.54, 1.807) is 13.8 Å². The first-order valence-electron chi connectivity index (χ1n) is 5.74. The van der Waals surface area contributed by atoms with Gasteiger partial charge in [0.25, 0.3) is 0 Å². The van der Waals surface area contributed by atoms with Crippen LogP contribution in [0.2, 0.25) is 0 Å². The van der Waals surface area contributed by atoms with Crippen LogP contribution in [0.5, 0.6) is 0 Å². The minimum absolute atomic E-state index is 0.0361. The van der Waals surface area contributed by atoms with Crippen molar-refractivity contribution in [3.8, 4) is 0 Å². The van der Waals surface area contributed by atoms with Crippen molar-refractivity contribution in [1.82, 2.24) is 0 Å². The molecule has 0 aliphatic heterocycles. The third-order valence-corrected chi connectivity index (χ3v) is 2.34. The number of aliphatic hydroxyl groups is 1. The minimum Gasteiger partial charge on any atom is -0.463 e. The number of benzene rings is 1. The zero-order valence-electron chi connectivity index (χ0n) is 10.6. The van der Waals surface area contributed by atoms with E-state index in [2.05, 4.69) is 0 Å². The van der Waals surface area contributed by atoms with E-state index in [-0.39, 0.29) is 12.5 Å². The number of alkyl halides is 3. The van der Waals surface area contributed by atoms with Crippen molar-refractivity contribution in [2.75, 3.05) is 6.61 Å². The highest BCUT2D eigenvalue weighted by Crippen LogP contribution is 2.34. The Morgan fingerprint density at radius 3 is 2.42 bits per heavy atom. The van der Waals surface area contributed by atoms with Crippen LogP contribution < -0.4 is 0 Å². The van der Waals surface area contributed by atoms with Crippen LogP contribution in [0.25, 0.3) is 0 Å². The van der Waals surface area contributed by atoms with Gasteiger partial charge in [0, 0.05) is 5.56 Å². The molecule has 0 saturated carbocycles. The van der Waals surface area contributed by atoms with Gasteiger partial charge in [-0.25, -0.2) is 4.79 Å². The minimum atomic E-state index is -4.63. The highest BCUT2D eigenvalue weighted by atomic mass is 19.4. The van der Waals surface area contributed by atoms with E-state index in [1.807, 2.05) is 0 Å². The highest BCUT2D eigenvalue weighted by Gasteiger charge is 2.36. The standard InChI is InChI=1S/C13H15F3O3/c1-8(2)7-19-12(18)11(17)9-5-3-4-6-10(9)13(14,15)16/h3-6,8,11,17H,7H2,1-2H3. The number of esters is 1. The third kappa shape index (κ3) is 4.24. The van der Waals surface area contributed by atoms with Crippen molar-refractivity contribution in [2.24, 2.45) is 5.92 Å². The quantitative estimate of drug-likeness (QED) is 0.860. The molecule has 1 unspecified atom stereocenters. The molecule has 0 aromatic heterocycles. The number of halogens is 3. The lowest BCUT2D eigenvalue weighted by Crippen LogP contribution is -2.21. The Morgan fingerprint density at radius 2 is 1.89 bits per heavy atom. The third-order valence-electron chi connectivity index (χ3n) is 2.34. The van der Waals surface area contributed by atoms with Crippen LogP contribution in [0.3, 0.4) is 0 Å². The van der Waals surface area contributed by atoms with Gasteiger partial charge in [0.1, 0.15) is 0 Å². The average Bonchev–Trinajstić information content (AvgIpc) is 2.34. The molecule has 6 heteroatoms. The fraction of sp³-hybridized carbons (Fsp3) is 0.462. The zero-order valence-corrected chi connectivity index (χ0v) is 10.6. The maximum absolute atomic E-state index is 12.7. The molecule has 106 valence electrons. The van der Waals surface area contributed by atoms with Gasteiger partial charge < -0.3 is 9.84 Å². The molecule has 1 rings (SSSR count). The van der Waals surface area contributed by atoms with Crippen molar-refractivity contribution in [3.05, 3.63) is 35.4 Å². The lowest BCUT2D eigenvalue weighted by molar-refractivity contribution is -0.156. The number of hydrogen-bond donors (Lipinski definition) is 1. The summed E-state index contributed by atoms with van der Waals surface area (Å²) in [5, 5.41) is 9.67. The van der Waals surface area contributed by atoms with Crippen molar-refractivity contribution in [1.29, 1.82) is 0 Å². The largest absolute Gasteiger partial charge is 0.463 e. The van der Waals surface area contributed by atoms with E-state index < -0.39 is 29.4 Å². The molecule has 0 saturated heterocycles. The molecular weight excluding hydrogens is 261 g/mol. The summed E-state index contributed by atoms with van der Waals surface area (Å²) in [4.78, 5) is 11.5. The Morgan fingerprint density at radius 1 is 1.32 bits per heavy atom. The Labute approximate surface area is 109 Å². The van der Waals surface area contributed by atoms with Gasteiger partial charge in [0.05, 0.1) is 12.2 Å². The number of ether oxygens (including phenoxy) is 1. The van der Waals surface area contributed by atoms with E-state index in [0.29, 0.717) is 0 Å². The van der Waals surface area contributed by atoms with E-state index in [4.69, 9.17) is 4.74 Å². The Balaban J connectivity index is 2.94. The first-order chi connectivity index (χ1) is 8.73. The number of hydrogen-bond acceptors (Lipinski definition) is 3. The van der Waals surface area contributed by atoms with Crippen LogP contribution in [0.15, 0.2) is 24.3 Å². The van der Waals surface area contributed by atoms with Crippen LogP contribution in [-0.2, 0) is 15.7 Å². The molecule has 0 bridgehead atoms. The topological polar surface area (TPSA) is 46.5 Å². The van der Waals surface area contributed by atoms with Gasteiger partial charge >= 0.3 is 12.1 Å². The van der Waals surface area contributed by atoms with Crippen LogP contribution in [0.1, 0.15) is 31.1 Å². The molecule has 1 aromatic carbocycles. The maximum atomic E-state index is 12.7. The molecule has 0 spiro atoms. The molecule has 0 amide bonds. The lowest BCUT2D eigenvalue weighted by atomic mass is 10.0. The van der Waals surface area contributed by atoms with Gasteiger partial charge in [-0.2, -0.15) is 13.2 Å². The second kappa shape index (κ2) is 6.06. The first-order valence-corrected chi connectivity index (χ1v) is 5.74. The van der Waals surface area contributed by atoms with Gasteiger partial charge in [-0.15, -0.1) is 0 Å². The molecule has 1 atom stereocenters. The summed E-state index contributed by atoms with van der Waals surface area (Å²) in [6, 6.07) is 4.39. The Kier molecular flexibility index (Phi) is 4.94. The molecule has 0 heterocycles. The summed E-state index contributed by atoms with van der Waals surface area (Å²) in [6.45, 7) is 3.61. The molecule has 0 fully saturated rings. The van der Waals surface area contributed by atoms with E-state index in [1.165, 1.54) is 12.1 Å². The summed E-state index contributed by atoms with van der Waals surface area (Å²) in [6.07, 6.45) is -6.56. The number of aliphatic hydroxyl groups excluding tert-OH is 1. The van der Waals surface area contributed by atoms with Crippen molar-refractivity contribution in [3.63, 3.8) is 0 Å². The number of carbonyl (C=O) groups excluding carboxylic acids is 1. The predicted molar refractivity (Wildman–Crippen MR) is 62.2 cm³/mol. The molecule has 19 heavy (non-hydrogen) atoms. The zero-order chi connectivity index (χ0) is 14.6. The van der Waals surface area contributed by atoms with Gasteiger partial charge in [0.15, 0.2) is 6.10 Å².